The van der Waals surface area contributed by atoms with Crippen LogP contribution in [0.25, 0.3) is 0 Å². The second-order valence-corrected chi connectivity index (χ2v) is 6.25. The molecule has 0 radical (unpaired) electrons. The lowest BCUT2D eigenvalue weighted by Gasteiger charge is -2.23. The second kappa shape index (κ2) is 6.14. The van der Waals surface area contributed by atoms with Crippen LogP contribution in [0.1, 0.15) is 29.3 Å². The molecule has 0 saturated heterocycles. The summed E-state index contributed by atoms with van der Waals surface area (Å²) < 4.78 is 0. The van der Waals surface area contributed by atoms with Crippen LogP contribution in [-0.2, 0) is 22.4 Å². The highest BCUT2D eigenvalue weighted by molar-refractivity contribution is 7.16. The van der Waals surface area contributed by atoms with Gasteiger partial charge in [0.1, 0.15) is 17.6 Å². The Kier molecular flexibility index (Phi) is 4.48. The van der Waals surface area contributed by atoms with Gasteiger partial charge in [-0.3, -0.25) is 9.59 Å². The van der Waals surface area contributed by atoms with Gasteiger partial charge in [0.05, 0.1) is 11.5 Å². The highest BCUT2D eigenvalue weighted by Crippen LogP contribution is 2.40. The number of nitriles is 1. The number of hydrogen-bond donors (Lipinski definition) is 2. The maximum Gasteiger partial charge on any atom is 0.323 e. The van der Waals surface area contributed by atoms with Gasteiger partial charge in [-0.1, -0.05) is 6.92 Å². The Hall–Kier alpha value is -2.07. The second-order valence-electron chi connectivity index (χ2n) is 5.16. The van der Waals surface area contributed by atoms with Crippen molar-refractivity contribution in [3.8, 4) is 6.07 Å². The predicted octanol–water partition coefficient (Wildman–Crippen LogP) is 1.72. The summed E-state index contributed by atoms with van der Waals surface area (Å²) >= 11 is 1.42. The Labute approximate surface area is 126 Å². The third-order valence-electron chi connectivity index (χ3n) is 3.54. The van der Waals surface area contributed by atoms with E-state index in [0.29, 0.717) is 10.6 Å². The van der Waals surface area contributed by atoms with Crippen molar-refractivity contribution in [2.24, 2.45) is 5.92 Å². The largest absolute Gasteiger partial charge is 0.481 e. The number of carboxylic acids is 2. The van der Waals surface area contributed by atoms with E-state index < -0.39 is 17.9 Å². The van der Waals surface area contributed by atoms with Crippen molar-refractivity contribution in [1.82, 2.24) is 0 Å². The van der Waals surface area contributed by atoms with Gasteiger partial charge in [0, 0.05) is 11.4 Å². The molecule has 1 aromatic rings. The molecule has 0 aromatic carbocycles. The van der Waals surface area contributed by atoms with Gasteiger partial charge in [0.25, 0.3) is 0 Å². The van der Waals surface area contributed by atoms with E-state index in [0.717, 1.165) is 29.7 Å². The molecule has 1 aliphatic rings. The highest BCUT2D eigenvalue weighted by Gasteiger charge is 2.27. The molecule has 0 amide bonds. The molecule has 112 valence electrons. The topological polar surface area (TPSA) is 102 Å². The first-order valence-electron chi connectivity index (χ1n) is 6.68. The first-order valence-corrected chi connectivity index (χ1v) is 7.49. The van der Waals surface area contributed by atoms with Crippen molar-refractivity contribution >= 4 is 28.3 Å². The maximum absolute atomic E-state index is 11.0. The quantitative estimate of drug-likeness (QED) is 0.829. The summed E-state index contributed by atoms with van der Waals surface area (Å²) in [5.74, 6) is -2.72. The molecule has 1 atom stereocenters. The molecular weight excluding hydrogens is 292 g/mol. The van der Waals surface area contributed by atoms with Gasteiger partial charge in [-0.25, -0.2) is 0 Å². The maximum atomic E-state index is 11.0. The monoisotopic (exact) mass is 308 g/mol. The number of thiophene rings is 1. The third kappa shape index (κ3) is 3.16. The van der Waals surface area contributed by atoms with Crippen molar-refractivity contribution in [1.29, 1.82) is 5.26 Å². The SMILES string of the molecule is CC(CN(CC(=O)O)c1sc2c(c1C#N)CCC2)C(=O)O. The van der Waals surface area contributed by atoms with Crippen molar-refractivity contribution in [3.63, 3.8) is 0 Å². The molecule has 1 aliphatic carbocycles. The summed E-state index contributed by atoms with van der Waals surface area (Å²) in [5, 5.41) is 28.0. The van der Waals surface area contributed by atoms with Gasteiger partial charge < -0.3 is 15.1 Å². The Bertz CT molecular complexity index is 617. The Balaban J connectivity index is 2.35. The first-order chi connectivity index (χ1) is 9.93. The lowest BCUT2D eigenvalue weighted by atomic mass is 10.1. The summed E-state index contributed by atoms with van der Waals surface area (Å²) in [7, 11) is 0. The number of aliphatic carboxylic acids is 2. The van der Waals surface area contributed by atoms with Crippen LogP contribution in [0.3, 0.4) is 0 Å². The van der Waals surface area contributed by atoms with Crippen LogP contribution in [0.5, 0.6) is 0 Å². The summed E-state index contributed by atoms with van der Waals surface area (Å²) in [6.45, 7) is 1.31. The Morgan fingerprint density at radius 1 is 1.43 bits per heavy atom. The number of carboxylic acid groups (broad SMARTS) is 2. The van der Waals surface area contributed by atoms with Crippen molar-refractivity contribution in [3.05, 3.63) is 16.0 Å². The van der Waals surface area contributed by atoms with Crippen LogP contribution in [-0.4, -0.2) is 35.2 Å². The van der Waals surface area contributed by atoms with Gasteiger partial charge >= 0.3 is 11.9 Å². The van der Waals surface area contributed by atoms with Crippen LogP contribution >= 0.6 is 11.3 Å². The van der Waals surface area contributed by atoms with E-state index in [1.807, 2.05) is 0 Å². The molecule has 2 N–H and O–H groups in total. The standard InChI is InChI=1S/C14H16N2O4S/c1-8(14(19)20)6-16(7-12(17)18)13-10(5-15)9-3-2-4-11(9)21-13/h8H,2-4,6-7H2,1H3,(H,17,18)(H,19,20). The summed E-state index contributed by atoms with van der Waals surface area (Å²) in [4.78, 5) is 24.7. The van der Waals surface area contributed by atoms with Gasteiger partial charge in [0.2, 0.25) is 0 Å². The number of rotatable bonds is 6. The smallest absolute Gasteiger partial charge is 0.323 e. The third-order valence-corrected chi connectivity index (χ3v) is 4.90. The number of anilines is 1. The van der Waals surface area contributed by atoms with E-state index in [9.17, 15) is 14.9 Å². The number of carbonyl (C=O) groups is 2. The van der Waals surface area contributed by atoms with Gasteiger partial charge in [0.15, 0.2) is 0 Å². The molecule has 21 heavy (non-hydrogen) atoms. The molecule has 2 rings (SSSR count). The summed E-state index contributed by atoms with van der Waals surface area (Å²) in [6, 6.07) is 2.16. The van der Waals surface area contributed by atoms with Crippen molar-refractivity contribution in [2.75, 3.05) is 18.0 Å². The molecule has 0 aliphatic heterocycles. The van der Waals surface area contributed by atoms with Crippen LogP contribution < -0.4 is 4.90 Å². The zero-order chi connectivity index (χ0) is 15.6. The molecule has 1 aromatic heterocycles. The van der Waals surface area contributed by atoms with E-state index in [-0.39, 0.29) is 13.1 Å². The zero-order valence-electron chi connectivity index (χ0n) is 11.6. The fraction of sp³-hybridized carbons (Fsp3) is 0.500. The van der Waals surface area contributed by atoms with E-state index in [1.165, 1.54) is 23.2 Å². The molecule has 0 saturated carbocycles. The highest BCUT2D eigenvalue weighted by atomic mass is 32.1. The van der Waals surface area contributed by atoms with Crippen LogP contribution in [0.4, 0.5) is 5.00 Å². The van der Waals surface area contributed by atoms with Crippen LogP contribution in [0, 0.1) is 17.2 Å². The minimum absolute atomic E-state index is 0.0791. The molecular formula is C14H16N2O4S. The van der Waals surface area contributed by atoms with Gasteiger partial charge in [-0.2, -0.15) is 5.26 Å². The van der Waals surface area contributed by atoms with E-state index in [1.54, 1.807) is 0 Å². The Morgan fingerprint density at radius 3 is 2.71 bits per heavy atom. The number of aryl methyl sites for hydroxylation is 1. The summed E-state index contributed by atoms with van der Waals surface area (Å²) in [6.07, 6.45) is 2.76. The molecule has 1 heterocycles. The fourth-order valence-corrected chi connectivity index (χ4v) is 3.87. The molecule has 1 unspecified atom stereocenters. The normalized spacial score (nSPS) is 14.3. The fourth-order valence-electron chi connectivity index (χ4n) is 2.52. The van der Waals surface area contributed by atoms with E-state index in [4.69, 9.17) is 10.2 Å². The van der Waals surface area contributed by atoms with Crippen LogP contribution in [0.15, 0.2) is 0 Å². The predicted molar refractivity (Wildman–Crippen MR) is 77.7 cm³/mol. The lowest BCUT2D eigenvalue weighted by molar-refractivity contribution is -0.141. The number of hydrogen-bond acceptors (Lipinski definition) is 5. The minimum Gasteiger partial charge on any atom is -0.481 e. The molecule has 0 fully saturated rings. The summed E-state index contributed by atoms with van der Waals surface area (Å²) in [5.41, 5.74) is 1.53. The van der Waals surface area contributed by atoms with Crippen LogP contribution in [0.2, 0.25) is 0 Å². The molecule has 0 bridgehead atoms. The first kappa shape index (κ1) is 15.3. The van der Waals surface area contributed by atoms with Gasteiger partial charge in [-0.05, 0) is 24.8 Å². The van der Waals surface area contributed by atoms with E-state index in [2.05, 4.69) is 6.07 Å². The Morgan fingerprint density at radius 2 is 2.14 bits per heavy atom. The zero-order valence-corrected chi connectivity index (χ0v) is 12.4. The lowest BCUT2D eigenvalue weighted by Crippen LogP contribution is -2.35. The van der Waals surface area contributed by atoms with Crippen molar-refractivity contribution in [2.45, 2.75) is 26.2 Å². The average molecular weight is 308 g/mol. The number of nitrogens with zero attached hydrogens (tertiary/aromatic N) is 2. The van der Waals surface area contributed by atoms with Gasteiger partial charge in [-0.15, -0.1) is 11.3 Å². The average Bonchev–Trinajstić information content (AvgIpc) is 2.96. The van der Waals surface area contributed by atoms with E-state index >= 15 is 0 Å². The molecule has 6 nitrogen and oxygen atoms in total. The molecule has 0 spiro atoms. The minimum atomic E-state index is -1.04. The molecule has 7 heteroatoms. The van der Waals surface area contributed by atoms with Crippen molar-refractivity contribution < 1.29 is 19.8 Å². The number of fused-ring (bicyclic) bond motifs is 1.